The van der Waals surface area contributed by atoms with Crippen molar-refractivity contribution in [2.75, 3.05) is 49.7 Å². The Morgan fingerprint density at radius 2 is 1.69 bits per heavy atom. The fourth-order valence-corrected chi connectivity index (χ4v) is 3.61. The molecule has 0 aliphatic carbocycles. The fourth-order valence-electron chi connectivity index (χ4n) is 3.41. The highest BCUT2D eigenvalue weighted by Gasteiger charge is 2.32. The molecule has 2 heterocycles. The first kappa shape index (κ1) is 22.2. The van der Waals surface area contributed by atoms with Gasteiger partial charge in [0, 0.05) is 18.7 Å². The fraction of sp³-hybridized carbons (Fsp3) is 0.333. The maximum atomic E-state index is 13.3. The summed E-state index contributed by atoms with van der Waals surface area (Å²) in [6.07, 6.45) is -4.52. The molecule has 0 unspecified atom stereocenters. The molecule has 0 bridgehead atoms. The van der Waals surface area contributed by atoms with E-state index in [0.29, 0.717) is 56.7 Å². The summed E-state index contributed by atoms with van der Waals surface area (Å²) in [5.41, 5.74) is 0.139. The summed E-state index contributed by atoms with van der Waals surface area (Å²) in [5.74, 6) is 0.447. The Hall–Kier alpha value is -3.05. The zero-order valence-electron chi connectivity index (χ0n) is 16.8. The Morgan fingerprint density at radius 3 is 2.41 bits per heavy atom. The summed E-state index contributed by atoms with van der Waals surface area (Å²) in [5, 5.41) is 5.12. The first-order valence-corrected chi connectivity index (χ1v) is 10.3. The van der Waals surface area contributed by atoms with Crippen LogP contribution in [0.2, 0.25) is 0 Å². The Bertz CT molecular complexity index is 1030. The lowest BCUT2D eigenvalue weighted by Crippen LogP contribution is -2.38. The molecular formula is C21H20F3N3O4S. The van der Waals surface area contributed by atoms with Crippen LogP contribution in [-0.4, -0.2) is 50.5 Å². The van der Waals surface area contributed by atoms with Crippen LogP contribution in [0.1, 0.15) is 15.9 Å². The third kappa shape index (κ3) is 5.05. The minimum Gasteiger partial charge on any atom is -0.486 e. The summed E-state index contributed by atoms with van der Waals surface area (Å²) in [6, 6.07) is 8.08. The van der Waals surface area contributed by atoms with E-state index < -0.39 is 17.6 Å². The van der Waals surface area contributed by atoms with Gasteiger partial charge in [-0.1, -0.05) is 0 Å². The lowest BCUT2D eigenvalue weighted by Gasteiger charge is -2.31. The highest BCUT2D eigenvalue weighted by molar-refractivity contribution is 7.80. The summed E-state index contributed by atoms with van der Waals surface area (Å²) in [7, 11) is 0. The number of benzene rings is 2. The van der Waals surface area contributed by atoms with Crippen LogP contribution >= 0.6 is 12.2 Å². The molecule has 11 heteroatoms. The number of ether oxygens (including phenoxy) is 3. The molecule has 2 N–H and O–H groups in total. The lowest BCUT2D eigenvalue weighted by atomic mass is 10.1. The molecule has 0 radical (unpaired) electrons. The Balaban J connectivity index is 1.51. The van der Waals surface area contributed by atoms with E-state index >= 15 is 0 Å². The maximum Gasteiger partial charge on any atom is 0.416 e. The van der Waals surface area contributed by atoms with E-state index in [4.69, 9.17) is 26.4 Å². The van der Waals surface area contributed by atoms with Gasteiger partial charge in [0.2, 0.25) is 0 Å². The van der Waals surface area contributed by atoms with E-state index in [1.165, 1.54) is 12.1 Å². The molecule has 2 aliphatic heterocycles. The standard InChI is InChI=1S/C21H20F3N3O4S/c22-21(23,24)14-2-3-16(27-5-7-29-8-6-27)15(12-14)25-20(32)26-19(28)13-1-4-17-18(11-13)31-10-9-30-17/h1-4,11-12H,5-10H2,(H2,25,26,28,32). The van der Waals surface area contributed by atoms with Crippen molar-refractivity contribution >= 4 is 34.6 Å². The third-order valence-corrected chi connectivity index (χ3v) is 5.16. The number of thiocarbonyl (C=S) groups is 1. The van der Waals surface area contributed by atoms with Crippen LogP contribution in [0.25, 0.3) is 0 Å². The highest BCUT2D eigenvalue weighted by Crippen LogP contribution is 2.36. The van der Waals surface area contributed by atoms with Gasteiger partial charge < -0.3 is 24.4 Å². The van der Waals surface area contributed by atoms with Gasteiger partial charge in [-0.3, -0.25) is 10.1 Å². The van der Waals surface area contributed by atoms with Gasteiger partial charge in [-0.05, 0) is 48.6 Å². The Morgan fingerprint density at radius 1 is 0.969 bits per heavy atom. The molecule has 0 aromatic heterocycles. The van der Waals surface area contributed by atoms with Crippen molar-refractivity contribution in [1.82, 2.24) is 5.32 Å². The average molecular weight is 467 g/mol. The molecule has 0 atom stereocenters. The van der Waals surface area contributed by atoms with Gasteiger partial charge in [0.05, 0.1) is 30.2 Å². The number of halogens is 3. The Kier molecular flexibility index (Phi) is 6.38. The van der Waals surface area contributed by atoms with Gasteiger partial charge in [0.1, 0.15) is 13.2 Å². The first-order valence-electron chi connectivity index (χ1n) is 9.87. The van der Waals surface area contributed by atoms with Crippen LogP contribution in [0, 0.1) is 0 Å². The lowest BCUT2D eigenvalue weighted by molar-refractivity contribution is -0.137. The molecule has 1 saturated heterocycles. The molecule has 2 aliphatic rings. The number of anilines is 2. The van der Waals surface area contributed by atoms with E-state index in [0.717, 1.165) is 12.1 Å². The number of carbonyl (C=O) groups excluding carboxylic acids is 1. The van der Waals surface area contributed by atoms with Crippen molar-refractivity contribution in [2.24, 2.45) is 0 Å². The second-order valence-corrected chi connectivity index (χ2v) is 7.50. The summed E-state index contributed by atoms with van der Waals surface area (Å²) in [6.45, 7) is 2.77. The Labute approximate surface area is 187 Å². The number of alkyl halides is 3. The quantitative estimate of drug-likeness (QED) is 0.670. The molecule has 7 nitrogen and oxygen atoms in total. The maximum absolute atomic E-state index is 13.3. The molecule has 1 amide bonds. The van der Waals surface area contributed by atoms with Crippen molar-refractivity contribution in [1.29, 1.82) is 0 Å². The number of nitrogens with one attached hydrogen (secondary N) is 2. The number of hydrogen-bond acceptors (Lipinski definition) is 6. The average Bonchev–Trinajstić information content (AvgIpc) is 2.78. The van der Waals surface area contributed by atoms with Gasteiger partial charge >= 0.3 is 6.18 Å². The van der Waals surface area contributed by atoms with Crippen LogP contribution in [0.3, 0.4) is 0 Å². The van der Waals surface area contributed by atoms with E-state index in [9.17, 15) is 18.0 Å². The number of hydrogen-bond donors (Lipinski definition) is 2. The molecule has 1 fully saturated rings. The molecule has 2 aromatic rings. The summed E-state index contributed by atoms with van der Waals surface area (Å²) >= 11 is 5.21. The van der Waals surface area contributed by atoms with E-state index in [2.05, 4.69) is 10.6 Å². The topological polar surface area (TPSA) is 72.1 Å². The van der Waals surface area contributed by atoms with Gasteiger partial charge in [0.15, 0.2) is 16.6 Å². The minimum atomic E-state index is -4.52. The first-order chi connectivity index (χ1) is 15.3. The van der Waals surface area contributed by atoms with Crippen LogP contribution in [0.4, 0.5) is 24.5 Å². The number of morpholine rings is 1. The smallest absolute Gasteiger partial charge is 0.416 e. The highest BCUT2D eigenvalue weighted by atomic mass is 32.1. The van der Waals surface area contributed by atoms with Crippen molar-refractivity contribution < 1.29 is 32.2 Å². The molecule has 2 aromatic carbocycles. The zero-order chi connectivity index (χ0) is 22.7. The van der Waals surface area contributed by atoms with Crippen molar-refractivity contribution in [2.45, 2.75) is 6.18 Å². The number of amides is 1. The third-order valence-electron chi connectivity index (χ3n) is 4.96. The SMILES string of the molecule is O=C(NC(=S)Nc1cc(C(F)(F)F)ccc1N1CCOCC1)c1ccc2c(c1)OCCO2. The van der Waals surface area contributed by atoms with Gasteiger partial charge in [-0.25, -0.2) is 0 Å². The molecular weight excluding hydrogens is 447 g/mol. The summed E-state index contributed by atoms with van der Waals surface area (Å²) in [4.78, 5) is 14.5. The van der Waals surface area contributed by atoms with Gasteiger partial charge in [0.25, 0.3) is 5.91 Å². The molecule has 4 rings (SSSR count). The number of rotatable bonds is 3. The van der Waals surface area contributed by atoms with Crippen molar-refractivity contribution in [3.8, 4) is 11.5 Å². The summed E-state index contributed by atoms with van der Waals surface area (Å²) < 4.78 is 56.0. The largest absolute Gasteiger partial charge is 0.486 e. The molecule has 0 spiro atoms. The van der Waals surface area contributed by atoms with Crippen LogP contribution in [-0.2, 0) is 10.9 Å². The van der Waals surface area contributed by atoms with Crippen LogP contribution < -0.4 is 25.0 Å². The molecule has 32 heavy (non-hydrogen) atoms. The zero-order valence-corrected chi connectivity index (χ0v) is 17.6. The van der Waals surface area contributed by atoms with Gasteiger partial charge in [-0.2, -0.15) is 13.2 Å². The van der Waals surface area contributed by atoms with Crippen LogP contribution in [0.15, 0.2) is 36.4 Å². The van der Waals surface area contributed by atoms with Crippen molar-refractivity contribution in [3.63, 3.8) is 0 Å². The van der Waals surface area contributed by atoms with Gasteiger partial charge in [-0.15, -0.1) is 0 Å². The van der Waals surface area contributed by atoms with Crippen LogP contribution in [0.5, 0.6) is 11.5 Å². The number of fused-ring (bicyclic) bond motifs is 1. The number of carbonyl (C=O) groups is 1. The normalized spacial score (nSPS) is 15.8. The van der Waals surface area contributed by atoms with E-state index in [1.54, 1.807) is 12.1 Å². The van der Waals surface area contributed by atoms with E-state index in [1.807, 2.05) is 4.90 Å². The van der Waals surface area contributed by atoms with E-state index in [-0.39, 0.29) is 16.4 Å². The second kappa shape index (κ2) is 9.21. The molecule has 170 valence electrons. The predicted octanol–water partition coefficient (Wildman–Crippen LogP) is 3.44. The number of nitrogens with zero attached hydrogens (tertiary/aromatic N) is 1. The van der Waals surface area contributed by atoms with Crippen molar-refractivity contribution in [3.05, 3.63) is 47.5 Å². The molecule has 0 saturated carbocycles. The monoisotopic (exact) mass is 467 g/mol. The predicted molar refractivity (Wildman–Crippen MR) is 116 cm³/mol. The second-order valence-electron chi connectivity index (χ2n) is 7.10. The minimum absolute atomic E-state index is 0.126.